The molecular formula is C62H105NO51. The lowest BCUT2D eigenvalue weighted by Gasteiger charge is -2.50. The third kappa shape index (κ3) is 19.7. The zero-order chi connectivity index (χ0) is 83.7. The Labute approximate surface area is 642 Å². The fourth-order valence-corrected chi connectivity index (χ4v) is 14.6. The largest absolute Gasteiger partial charge is 0.394 e. The molecule has 10 fully saturated rings. The van der Waals surface area contributed by atoms with Crippen molar-refractivity contribution in [2.75, 3.05) is 66.1 Å². The first-order valence-corrected chi connectivity index (χ1v) is 36.2. The van der Waals surface area contributed by atoms with Crippen molar-refractivity contribution in [1.82, 2.24) is 5.32 Å². The number of hydrogen-bond donors (Lipinski definition) is 32. The highest BCUT2D eigenvalue weighted by atomic mass is 16.8. The Kier molecular flexibility index (Phi) is 33.4. The molecule has 52 heteroatoms. The number of hydrogen-bond acceptors (Lipinski definition) is 51. The van der Waals surface area contributed by atoms with Gasteiger partial charge in [0, 0.05) is 6.92 Å². The molecule has 0 aliphatic carbocycles. The van der Waals surface area contributed by atoms with Crippen molar-refractivity contribution in [3.05, 3.63) is 0 Å². The Hall–Kier alpha value is -2.53. The number of aliphatic hydroxyl groups excluding tert-OH is 31. The molecule has 52 nitrogen and oxygen atoms in total. The van der Waals surface area contributed by atoms with Crippen LogP contribution in [0.15, 0.2) is 0 Å². The van der Waals surface area contributed by atoms with Crippen molar-refractivity contribution in [2.24, 2.45) is 0 Å². The van der Waals surface area contributed by atoms with Crippen molar-refractivity contribution >= 4 is 5.91 Å². The summed E-state index contributed by atoms with van der Waals surface area (Å²) in [5, 5.41) is 343. The molecule has 0 unspecified atom stereocenters. The highest BCUT2D eigenvalue weighted by molar-refractivity contribution is 5.73. The molecule has 10 aliphatic heterocycles. The van der Waals surface area contributed by atoms with Gasteiger partial charge in [-0.05, 0) is 0 Å². The second kappa shape index (κ2) is 40.6. The van der Waals surface area contributed by atoms with E-state index in [1.807, 2.05) is 0 Å². The van der Waals surface area contributed by atoms with Gasteiger partial charge in [-0.3, -0.25) is 4.79 Å². The third-order valence-corrected chi connectivity index (χ3v) is 21.3. The van der Waals surface area contributed by atoms with E-state index < -0.39 is 379 Å². The van der Waals surface area contributed by atoms with Crippen molar-refractivity contribution < 1.29 is 253 Å². The Morgan fingerprint density at radius 3 is 0.816 bits per heavy atom. The van der Waals surface area contributed by atoms with E-state index in [0.29, 0.717) is 0 Å². The number of carbonyl (C=O) groups is 1. The zero-order valence-corrected chi connectivity index (χ0v) is 60.0. The van der Waals surface area contributed by atoms with E-state index >= 15 is 0 Å². The summed E-state index contributed by atoms with van der Waals surface area (Å²) in [5.74, 6) is -0.878. The average molecular weight is 1680 g/mol. The number of aliphatic hydroxyl groups is 31. The standard InChI is InChI=1S/C62H105NO51/c1-12(72)63-23-33(82)46(20(9-71)98-53(23)95)108-59-45(94)49(111-61-52(39(88)29(78)17(6-68)104-61)114-62-51(38(87)28(77)18(7-69)105-62)113-58-44(93)47(30(79)19(8-70)102-58)109-55-40(89)34(83)24(73)13(2-64)99-55)32(81)22(107-59)10-96-54-43(92)48(110-56-41(90)35(84)25(74)14(3-65)100-56)31(80)21(106-54)11-97-60-50(37(86)27(76)16(5-67)103-60)112-57-42(91)36(85)26(75)15(4-66)101-57/h13-62,64-71,73-95H,2-11H2,1H3,(H,63,72)/t13-,14-,15-,16-,17-,18-,19-,20-,21-,22-,23-,24-,25-,26-,27-,28-,29-,30-,31-,32-,33-,34+,35+,36+,37+,38+,39+,40-,41+,42+,43+,44+,45+,46-,47+,48+,49+,50+,51+,52+,53-,54+,55-,56-,57-,58-,59+,60+,61-,62-/m1/s1. The van der Waals surface area contributed by atoms with Gasteiger partial charge < -0.3 is 254 Å². The van der Waals surface area contributed by atoms with E-state index in [2.05, 4.69) is 5.32 Å². The summed E-state index contributed by atoms with van der Waals surface area (Å²) in [4.78, 5) is 12.4. The lowest BCUT2D eigenvalue weighted by molar-refractivity contribution is -0.410. The number of amides is 1. The first-order valence-electron chi connectivity index (χ1n) is 36.2. The average Bonchev–Trinajstić information content (AvgIpc) is 0.766. The molecule has 32 N–H and O–H groups in total. The minimum atomic E-state index is -2.57. The van der Waals surface area contributed by atoms with Crippen molar-refractivity contribution in [1.29, 1.82) is 0 Å². The molecule has 0 saturated carbocycles. The number of ether oxygens (including phenoxy) is 19. The molecule has 0 aromatic carbocycles. The molecule has 0 spiro atoms. The van der Waals surface area contributed by atoms with E-state index in [0.717, 1.165) is 6.92 Å². The van der Waals surface area contributed by atoms with E-state index in [-0.39, 0.29) is 0 Å². The summed E-state index contributed by atoms with van der Waals surface area (Å²) in [6.45, 7) is -10.2. The van der Waals surface area contributed by atoms with E-state index in [4.69, 9.17) is 90.0 Å². The minimum absolute atomic E-state index is 0.878. The Bertz CT molecular complexity index is 2920. The van der Waals surface area contributed by atoms with Crippen LogP contribution >= 0.6 is 0 Å². The van der Waals surface area contributed by atoms with Gasteiger partial charge in [0.1, 0.15) is 244 Å². The smallest absolute Gasteiger partial charge is 0.217 e. The van der Waals surface area contributed by atoms with Crippen LogP contribution < -0.4 is 5.32 Å². The number of carbonyl (C=O) groups excluding carboxylic acids is 1. The van der Waals surface area contributed by atoms with Crippen molar-refractivity contribution in [3.63, 3.8) is 0 Å². The first kappa shape index (κ1) is 93.7. The van der Waals surface area contributed by atoms with Crippen LogP contribution in [0, 0.1) is 0 Å². The second-order valence-electron chi connectivity index (χ2n) is 28.8. The fourth-order valence-electron chi connectivity index (χ4n) is 14.6. The third-order valence-electron chi connectivity index (χ3n) is 21.3. The molecule has 1 amide bonds. The van der Waals surface area contributed by atoms with Gasteiger partial charge in [-0.2, -0.15) is 0 Å². The molecule has 114 heavy (non-hydrogen) atoms. The molecule has 10 rings (SSSR count). The number of nitrogens with one attached hydrogen (secondary N) is 1. The van der Waals surface area contributed by atoms with E-state index in [1.54, 1.807) is 0 Å². The molecule has 0 aromatic rings. The van der Waals surface area contributed by atoms with Crippen LogP contribution in [0.4, 0.5) is 0 Å². The highest BCUT2D eigenvalue weighted by Crippen LogP contribution is 2.40. The van der Waals surface area contributed by atoms with Crippen LogP contribution in [0.5, 0.6) is 0 Å². The summed E-state index contributed by atoms with van der Waals surface area (Å²) < 4.78 is 110. The van der Waals surface area contributed by atoms with Gasteiger partial charge in [0.15, 0.2) is 62.9 Å². The maximum atomic E-state index is 12.6. The Morgan fingerprint density at radius 2 is 0.465 bits per heavy atom. The minimum Gasteiger partial charge on any atom is -0.394 e. The molecule has 0 bridgehead atoms. The van der Waals surface area contributed by atoms with E-state index in [1.165, 1.54) is 0 Å². The first-order chi connectivity index (χ1) is 54.0. The van der Waals surface area contributed by atoms with Gasteiger partial charge in [-0.15, -0.1) is 0 Å². The predicted molar refractivity (Wildman–Crippen MR) is 341 cm³/mol. The normalized spacial score (nSPS) is 52.6. The molecule has 0 radical (unpaired) electrons. The van der Waals surface area contributed by atoms with Crippen LogP contribution in [0.2, 0.25) is 0 Å². The van der Waals surface area contributed by atoms with Crippen LogP contribution in [0.1, 0.15) is 6.92 Å². The second-order valence-corrected chi connectivity index (χ2v) is 28.8. The maximum Gasteiger partial charge on any atom is 0.217 e. The molecule has 10 aliphatic rings. The number of rotatable bonds is 29. The summed E-state index contributed by atoms with van der Waals surface area (Å²) >= 11 is 0. The molecule has 664 valence electrons. The lowest BCUT2D eigenvalue weighted by Crippen LogP contribution is -2.69. The molecule has 50 atom stereocenters. The zero-order valence-electron chi connectivity index (χ0n) is 60.0. The van der Waals surface area contributed by atoms with Crippen LogP contribution in [0.3, 0.4) is 0 Å². The Balaban J connectivity index is 0.963. The quantitative estimate of drug-likeness (QED) is 0.0331. The van der Waals surface area contributed by atoms with Crippen LogP contribution in [-0.2, 0) is 94.8 Å². The molecule has 10 saturated heterocycles. The van der Waals surface area contributed by atoms with Crippen LogP contribution in [-0.4, -0.2) is 537 Å². The van der Waals surface area contributed by atoms with Gasteiger partial charge in [0.25, 0.3) is 0 Å². The molecule has 0 aromatic heterocycles. The van der Waals surface area contributed by atoms with Crippen LogP contribution in [0.25, 0.3) is 0 Å². The van der Waals surface area contributed by atoms with Gasteiger partial charge >= 0.3 is 0 Å². The van der Waals surface area contributed by atoms with E-state index in [9.17, 15) is 163 Å². The van der Waals surface area contributed by atoms with Crippen molar-refractivity contribution in [3.8, 4) is 0 Å². The SMILES string of the molecule is CC(=O)N[C@@H]1[C@@H](O)[C@H](O[C@@H]2O[C@H](CO[C@H]3O[C@H](CO[C@H]4O[C@H](CO)[C@@H](O)[C@H](O)[C@@H]4O[C@H]4O[C@H](CO)[C@@H](O)[C@H](O)[C@@H]4O)[C@@H](O)[C@H](O[C@H]4O[C@H](CO)[C@@H](O)[C@H](O)[C@@H]4O)[C@@H]3O)[C@@H](O)[C@H](O[C@H]3O[C@H](CO)[C@@H](O)[C@H](O)[C@@H]3O[C@H]3O[C@H](CO)[C@@H](O)[C@H](O)[C@@H]3O[C@H]3O[C@H](CO)[C@@H](O)[C@H](O[C@H]4O[C@H](CO)[C@@H](O)[C@H](O)[C@H]4O)[C@@H]3O)[C@@H]2O)[C@@H](CO)O[C@H]1O. The van der Waals surface area contributed by atoms with Gasteiger partial charge in [0.05, 0.1) is 66.1 Å². The monoisotopic (exact) mass is 1680 g/mol. The summed E-state index contributed by atoms with van der Waals surface area (Å²) in [7, 11) is 0. The molecular weight excluding hydrogens is 1570 g/mol. The summed E-state index contributed by atoms with van der Waals surface area (Å²) in [6.07, 6.45) is -106. The van der Waals surface area contributed by atoms with Crippen molar-refractivity contribution in [2.45, 2.75) is 314 Å². The maximum absolute atomic E-state index is 12.6. The van der Waals surface area contributed by atoms with Gasteiger partial charge in [0.2, 0.25) is 5.91 Å². The topological polar surface area (TPSA) is 832 Å². The molecule has 10 heterocycles. The highest BCUT2D eigenvalue weighted by Gasteiger charge is 2.61. The van der Waals surface area contributed by atoms with Gasteiger partial charge in [-0.1, -0.05) is 0 Å². The lowest BCUT2D eigenvalue weighted by atomic mass is 9.94. The predicted octanol–water partition coefficient (Wildman–Crippen LogP) is -22.7. The fraction of sp³-hybridized carbons (Fsp3) is 0.984. The van der Waals surface area contributed by atoms with Gasteiger partial charge in [-0.25, -0.2) is 0 Å². The summed E-state index contributed by atoms with van der Waals surface area (Å²) in [6, 6.07) is -1.81. The summed E-state index contributed by atoms with van der Waals surface area (Å²) in [5.41, 5.74) is 0. The Morgan fingerprint density at radius 1 is 0.228 bits per heavy atom.